The molecule has 0 saturated heterocycles. The Morgan fingerprint density at radius 2 is 1.12 bits per heavy atom. The van der Waals surface area contributed by atoms with E-state index in [9.17, 15) is 0 Å². The molecular weight excluding hydrogens is 447 g/mol. The van der Waals surface area contributed by atoms with Crippen molar-refractivity contribution in [2.75, 3.05) is 0 Å². The molecule has 0 N–H and O–H groups in total. The van der Waals surface area contributed by atoms with Crippen LogP contribution in [0.25, 0.3) is 0 Å². The monoisotopic (exact) mass is 490 g/mol. The average molecular weight is 491 g/mol. The number of hydrogen-bond acceptors (Lipinski definition) is 2. The van der Waals surface area contributed by atoms with Crippen LogP contribution >= 0.6 is 0 Å². The molecule has 0 aliphatic carbocycles. The van der Waals surface area contributed by atoms with E-state index < -0.39 is 0 Å². The van der Waals surface area contributed by atoms with Crippen LogP contribution in [0.4, 0.5) is 11.4 Å². The van der Waals surface area contributed by atoms with Crippen molar-refractivity contribution in [1.82, 2.24) is 0 Å². The van der Waals surface area contributed by atoms with Gasteiger partial charge in [0.15, 0.2) is 0 Å². The van der Waals surface area contributed by atoms with Gasteiger partial charge in [-0.25, -0.2) is 0 Å². The number of nitrogens with zero attached hydrogens (tertiary/aromatic N) is 2. The number of aliphatic imine (C=N–C) groups is 2. The SMILES string of the molecule is CCCCC(C=Nc1ccc(CCC)c(CCC)c1)=Nc1ccc(CCC)c(CCC)c1.[Ni]. The molecule has 2 rings (SSSR count). The van der Waals surface area contributed by atoms with E-state index in [1.807, 2.05) is 6.21 Å². The zero-order valence-corrected chi connectivity index (χ0v) is 22.5. The van der Waals surface area contributed by atoms with Crippen molar-refractivity contribution in [3.63, 3.8) is 0 Å². The van der Waals surface area contributed by atoms with Gasteiger partial charge < -0.3 is 0 Å². The fourth-order valence-electron chi connectivity index (χ4n) is 4.23. The number of hydrogen-bond donors (Lipinski definition) is 0. The van der Waals surface area contributed by atoms with Gasteiger partial charge in [0.2, 0.25) is 0 Å². The predicted molar refractivity (Wildman–Crippen MR) is 144 cm³/mol. The summed E-state index contributed by atoms with van der Waals surface area (Å²) in [5.41, 5.74) is 9.05. The zero-order chi connectivity index (χ0) is 23.2. The van der Waals surface area contributed by atoms with Crippen LogP contribution in [0.3, 0.4) is 0 Å². The maximum absolute atomic E-state index is 5.03. The van der Waals surface area contributed by atoms with Gasteiger partial charge in [-0.3, -0.25) is 9.98 Å². The molecule has 0 unspecified atom stereocenters. The molecule has 0 bridgehead atoms. The second kappa shape index (κ2) is 16.8. The van der Waals surface area contributed by atoms with Gasteiger partial charge in [0.1, 0.15) is 0 Å². The van der Waals surface area contributed by atoms with Crippen LogP contribution in [0.5, 0.6) is 0 Å². The van der Waals surface area contributed by atoms with Crippen LogP contribution in [0.15, 0.2) is 46.4 Å². The molecular formula is C30H44N2Ni. The van der Waals surface area contributed by atoms with E-state index in [0.717, 1.165) is 62.0 Å². The number of aryl methyl sites for hydroxylation is 4. The molecule has 2 aromatic carbocycles. The van der Waals surface area contributed by atoms with E-state index in [-0.39, 0.29) is 16.5 Å². The molecule has 0 radical (unpaired) electrons. The molecule has 0 heterocycles. The Labute approximate surface area is 213 Å². The Kier molecular flexibility index (Phi) is 14.9. The average Bonchev–Trinajstić information content (AvgIpc) is 2.79. The van der Waals surface area contributed by atoms with E-state index >= 15 is 0 Å². The normalized spacial score (nSPS) is 11.7. The molecule has 0 amide bonds. The van der Waals surface area contributed by atoms with Crippen LogP contribution in [0.1, 0.15) is 102 Å². The second-order valence-electron chi connectivity index (χ2n) is 8.87. The minimum Gasteiger partial charge on any atom is -0.255 e. The van der Waals surface area contributed by atoms with Gasteiger partial charge in [0.25, 0.3) is 0 Å². The van der Waals surface area contributed by atoms with E-state index in [0.29, 0.717) is 0 Å². The first-order valence-corrected chi connectivity index (χ1v) is 13.0. The minimum absolute atomic E-state index is 0. The van der Waals surface area contributed by atoms with Crippen molar-refractivity contribution in [3.8, 4) is 0 Å². The molecule has 0 aliphatic heterocycles. The summed E-state index contributed by atoms with van der Waals surface area (Å²) in [6.45, 7) is 11.2. The summed E-state index contributed by atoms with van der Waals surface area (Å²) < 4.78 is 0. The van der Waals surface area contributed by atoms with E-state index in [1.165, 1.54) is 47.9 Å². The van der Waals surface area contributed by atoms with Crippen molar-refractivity contribution in [1.29, 1.82) is 0 Å². The standard InChI is InChI=1S/C30H44N2.Ni/c1-6-11-16-30(32-29-20-18-25(13-8-3)27(22-29)15-10-5)23-31-28-19-17-24(12-7-2)26(21-28)14-9-4;/h17-23H,6-16H2,1-5H3;. The Bertz CT molecular complexity index is 883. The van der Waals surface area contributed by atoms with Gasteiger partial charge in [0, 0.05) is 22.7 Å². The summed E-state index contributed by atoms with van der Waals surface area (Å²) in [5.74, 6) is 0. The third kappa shape index (κ3) is 9.97. The Morgan fingerprint density at radius 3 is 1.64 bits per heavy atom. The Hall–Kier alpha value is -1.73. The molecule has 184 valence electrons. The van der Waals surface area contributed by atoms with E-state index in [4.69, 9.17) is 9.98 Å². The maximum Gasteiger partial charge on any atom is 0.0636 e. The largest absolute Gasteiger partial charge is 0.255 e. The quantitative estimate of drug-likeness (QED) is 0.186. The first kappa shape index (κ1) is 29.3. The van der Waals surface area contributed by atoms with Gasteiger partial charge >= 0.3 is 0 Å². The summed E-state index contributed by atoms with van der Waals surface area (Å²) in [7, 11) is 0. The van der Waals surface area contributed by atoms with Gasteiger partial charge in [-0.1, -0.05) is 78.9 Å². The van der Waals surface area contributed by atoms with Gasteiger partial charge in [0.05, 0.1) is 17.1 Å². The topological polar surface area (TPSA) is 24.7 Å². The summed E-state index contributed by atoms with van der Waals surface area (Å²) >= 11 is 0. The third-order valence-electron chi connectivity index (χ3n) is 5.88. The second-order valence-corrected chi connectivity index (χ2v) is 8.87. The molecule has 0 fully saturated rings. The van der Waals surface area contributed by atoms with Crippen molar-refractivity contribution in [3.05, 3.63) is 58.7 Å². The zero-order valence-electron chi connectivity index (χ0n) is 21.5. The first-order valence-electron chi connectivity index (χ1n) is 13.0. The molecule has 0 aromatic heterocycles. The molecule has 0 spiro atoms. The van der Waals surface area contributed by atoms with Gasteiger partial charge in [-0.15, -0.1) is 0 Å². The van der Waals surface area contributed by atoms with Crippen LogP contribution in [-0.2, 0) is 42.2 Å². The molecule has 0 aliphatic rings. The number of benzene rings is 2. The third-order valence-corrected chi connectivity index (χ3v) is 5.88. The van der Waals surface area contributed by atoms with Crippen LogP contribution < -0.4 is 0 Å². The molecule has 0 atom stereocenters. The van der Waals surface area contributed by atoms with Crippen LogP contribution in [-0.4, -0.2) is 11.9 Å². The molecule has 3 heteroatoms. The Morgan fingerprint density at radius 1 is 0.636 bits per heavy atom. The molecule has 2 nitrogen and oxygen atoms in total. The van der Waals surface area contributed by atoms with E-state index in [2.05, 4.69) is 71.0 Å². The fraction of sp³-hybridized carbons (Fsp3) is 0.533. The molecule has 33 heavy (non-hydrogen) atoms. The van der Waals surface area contributed by atoms with E-state index in [1.54, 1.807) is 0 Å². The van der Waals surface area contributed by atoms with Crippen molar-refractivity contribution < 1.29 is 16.5 Å². The summed E-state index contributed by atoms with van der Waals surface area (Å²) in [6, 6.07) is 13.5. The van der Waals surface area contributed by atoms with Crippen molar-refractivity contribution in [2.45, 2.75) is 105 Å². The summed E-state index contributed by atoms with van der Waals surface area (Å²) in [4.78, 5) is 9.88. The van der Waals surface area contributed by atoms with Crippen molar-refractivity contribution >= 4 is 23.3 Å². The van der Waals surface area contributed by atoms with Crippen LogP contribution in [0.2, 0.25) is 0 Å². The predicted octanol–water partition coefficient (Wildman–Crippen LogP) is 9.16. The summed E-state index contributed by atoms with van der Waals surface area (Å²) in [5, 5.41) is 0. The number of unbranched alkanes of at least 4 members (excludes halogenated alkanes) is 1. The van der Waals surface area contributed by atoms with Crippen molar-refractivity contribution in [2.24, 2.45) is 9.98 Å². The smallest absolute Gasteiger partial charge is 0.0636 e. The molecule has 2 aromatic rings. The minimum atomic E-state index is 0. The summed E-state index contributed by atoms with van der Waals surface area (Å²) in [6.07, 6.45) is 14.5. The fourth-order valence-corrected chi connectivity index (χ4v) is 4.23. The number of rotatable bonds is 14. The Balaban J connectivity index is 0.00000544. The molecule has 0 saturated carbocycles. The van der Waals surface area contributed by atoms with Crippen LogP contribution in [0, 0.1) is 0 Å². The maximum atomic E-state index is 5.03. The van der Waals surface area contributed by atoms with Gasteiger partial charge in [-0.2, -0.15) is 0 Å². The first-order chi connectivity index (χ1) is 15.6. The van der Waals surface area contributed by atoms with Gasteiger partial charge in [-0.05, 0) is 85.0 Å².